The third-order valence-electron chi connectivity index (χ3n) is 7.88. The molecule has 1 heterocycles. The number of morpholine rings is 1. The molecule has 1 saturated heterocycles. The molecule has 0 saturated carbocycles. The number of nitrogens with zero attached hydrogens (tertiary/aromatic N) is 2. The molecule has 10 nitrogen and oxygen atoms in total. The maximum Gasteiger partial charge on any atom is 0.250 e. The van der Waals surface area contributed by atoms with Gasteiger partial charge >= 0.3 is 0 Å². The van der Waals surface area contributed by atoms with E-state index in [0.29, 0.717) is 48.0 Å². The smallest absolute Gasteiger partial charge is 0.250 e. The lowest BCUT2D eigenvalue weighted by atomic mass is 10.0. The maximum atomic E-state index is 14.6. The first-order chi connectivity index (χ1) is 22.5. The molecule has 1 fully saturated rings. The predicted molar refractivity (Wildman–Crippen MR) is 177 cm³/mol. The van der Waals surface area contributed by atoms with E-state index >= 15 is 0 Å². The van der Waals surface area contributed by atoms with Crippen molar-refractivity contribution in [1.29, 1.82) is 5.41 Å². The minimum absolute atomic E-state index is 0.120. The van der Waals surface area contributed by atoms with E-state index in [9.17, 15) is 4.79 Å². The quantitative estimate of drug-likeness (QED) is 0.0872. The van der Waals surface area contributed by atoms with Gasteiger partial charge < -0.3 is 24.4 Å². The zero-order chi connectivity index (χ0) is 32.1. The third-order valence-corrected chi connectivity index (χ3v) is 7.88. The number of rotatable bonds is 14. The van der Waals surface area contributed by atoms with Gasteiger partial charge in [0, 0.05) is 44.0 Å². The van der Waals surface area contributed by atoms with Crippen molar-refractivity contribution in [1.82, 2.24) is 15.3 Å². The van der Waals surface area contributed by atoms with Crippen molar-refractivity contribution in [2.75, 3.05) is 51.9 Å². The Hall–Kier alpha value is -4.90. The fraction of sp³-hybridized carbons (Fsp3) is 0.278. The number of carbonyl (C=O) groups excluding carboxylic acids is 1. The normalized spacial score (nSPS) is 13.8. The van der Waals surface area contributed by atoms with E-state index < -0.39 is 6.04 Å². The van der Waals surface area contributed by atoms with Crippen LogP contribution in [0.15, 0.2) is 103 Å². The van der Waals surface area contributed by atoms with Crippen LogP contribution in [0.4, 0.5) is 5.69 Å². The van der Waals surface area contributed by atoms with E-state index in [-0.39, 0.29) is 11.7 Å². The number of hydrogen-bond donors (Lipinski definition) is 4. The van der Waals surface area contributed by atoms with Gasteiger partial charge in [0.15, 0.2) is 11.5 Å². The molecule has 0 unspecified atom stereocenters. The number of hydroxylamine groups is 1. The van der Waals surface area contributed by atoms with Crippen LogP contribution >= 0.6 is 0 Å². The summed E-state index contributed by atoms with van der Waals surface area (Å²) in [6.45, 7) is 5.36. The molecule has 0 bridgehead atoms. The fourth-order valence-corrected chi connectivity index (χ4v) is 5.35. The van der Waals surface area contributed by atoms with Crippen molar-refractivity contribution in [2.24, 2.45) is 0 Å². The molecule has 4 N–H and O–H groups in total. The molecule has 46 heavy (non-hydrogen) atoms. The van der Waals surface area contributed by atoms with E-state index in [1.165, 1.54) is 0 Å². The summed E-state index contributed by atoms with van der Waals surface area (Å²) in [5, 5.41) is 20.4. The van der Waals surface area contributed by atoms with Crippen LogP contribution in [0.2, 0.25) is 0 Å². The topological polar surface area (TPSA) is 119 Å². The second-order valence-corrected chi connectivity index (χ2v) is 11.0. The van der Waals surface area contributed by atoms with Gasteiger partial charge in [-0.25, -0.2) is 0 Å². The average molecular weight is 624 g/mol. The second kappa shape index (κ2) is 16.4. The van der Waals surface area contributed by atoms with Gasteiger partial charge in [-0.3, -0.25) is 25.8 Å². The highest BCUT2D eigenvalue weighted by Crippen LogP contribution is 2.33. The monoisotopic (exact) mass is 623 g/mol. The molecule has 0 aromatic heterocycles. The van der Waals surface area contributed by atoms with Gasteiger partial charge in [-0.15, -0.1) is 0 Å². The van der Waals surface area contributed by atoms with Gasteiger partial charge in [-0.05, 0) is 53.1 Å². The molecule has 0 radical (unpaired) electrons. The van der Waals surface area contributed by atoms with Crippen LogP contribution in [0.25, 0.3) is 0 Å². The van der Waals surface area contributed by atoms with Crippen molar-refractivity contribution >= 4 is 17.4 Å². The van der Waals surface area contributed by atoms with Crippen LogP contribution in [0.5, 0.6) is 11.5 Å². The lowest BCUT2D eigenvalue weighted by Gasteiger charge is -2.29. The number of amidine groups is 1. The Kier molecular flexibility index (Phi) is 11.6. The molecule has 4 aromatic carbocycles. The molecular weight excluding hydrogens is 582 g/mol. The van der Waals surface area contributed by atoms with Crippen molar-refractivity contribution in [2.45, 2.75) is 19.1 Å². The zero-order valence-corrected chi connectivity index (χ0v) is 26.0. The van der Waals surface area contributed by atoms with Crippen molar-refractivity contribution < 1.29 is 24.2 Å². The van der Waals surface area contributed by atoms with E-state index in [2.05, 4.69) is 10.2 Å². The van der Waals surface area contributed by atoms with Crippen LogP contribution in [0, 0.1) is 5.41 Å². The Balaban J connectivity index is 1.44. The summed E-state index contributed by atoms with van der Waals surface area (Å²) in [6.07, 6.45) is 0. The van der Waals surface area contributed by atoms with Gasteiger partial charge in [-0.2, -0.15) is 0 Å². The summed E-state index contributed by atoms with van der Waals surface area (Å²) in [5.74, 6) is 0.902. The first-order valence-electron chi connectivity index (χ1n) is 15.4. The second-order valence-electron chi connectivity index (χ2n) is 11.0. The van der Waals surface area contributed by atoms with Crippen LogP contribution in [-0.4, -0.2) is 73.3 Å². The Labute approximate surface area is 270 Å². The summed E-state index contributed by atoms with van der Waals surface area (Å²) in [6, 6.07) is 31.7. The Morgan fingerprint density at radius 1 is 0.913 bits per heavy atom. The highest BCUT2D eigenvalue weighted by atomic mass is 16.5. The minimum atomic E-state index is -0.773. The van der Waals surface area contributed by atoms with Crippen LogP contribution in [0.3, 0.4) is 0 Å². The number of methoxy groups -OCH3 is 1. The molecule has 4 aromatic rings. The van der Waals surface area contributed by atoms with Gasteiger partial charge in [-0.1, -0.05) is 66.7 Å². The number of amides is 1. The largest absolute Gasteiger partial charge is 0.493 e. The van der Waals surface area contributed by atoms with Gasteiger partial charge in [0.05, 0.1) is 20.3 Å². The Bertz CT molecular complexity index is 1510. The summed E-state index contributed by atoms with van der Waals surface area (Å²) < 4.78 is 17.3. The predicted octanol–water partition coefficient (Wildman–Crippen LogP) is 5.09. The highest BCUT2D eigenvalue weighted by molar-refractivity contribution is 5.96. The van der Waals surface area contributed by atoms with Crippen LogP contribution in [-0.2, 0) is 22.6 Å². The summed E-state index contributed by atoms with van der Waals surface area (Å²) in [5.41, 5.74) is 5.80. The molecule has 1 aliphatic rings. The lowest BCUT2D eigenvalue weighted by Crippen LogP contribution is -2.38. The number of anilines is 1. The van der Waals surface area contributed by atoms with E-state index in [0.717, 1.165) is 44.0 Å². The molecule has 240 valence electrons. The van der Waals surface area contributed by atoms with Crippen LogP contribution in [0.1, 0.15) is 28.3 Å². The van der Waals surface area contributed by atoms with Crippen molar-refractivity contribution in [3.63, 3.8) is 0 Å². The summed E-state index contributed by atoms with van der Waals surface area (Å²) in [7, 11) is 1.60. The highest BCUT2D eigenvalue weighted by Gasteiger charge is 2.28. The van der Waals surface area contributed by atoms with Gasteiger partial charge in [0.2, 0.25) is 5.91 Å². The molecule has 10 heteroatoms. The molecule has 1 aliphatic heterocycles. The first kappa shape index (κ1) is 32.5. The molecular formula is C36H41N5O5. The SMILES string of the molecule is COc1cc([C@H](Nc2ccc(C(=N)NO)cc2)C(=O)N(Cc2ccccc2)Cc2ccccc2)ccc1OCCN1CCOCC1. The molecule has 0 aliphatic carbocycles. The fourth-order valence-electron chi connectivity index (χ4n) is 5.35. The van der Waals surface area contributed by atoms with Crippen LogP contribution < -0.4 is 20.3 Å². The third kappa shape index (κ3) is 8.85. The number of carbonyl (C=O) groups is 1. The number of benzene rings is 4. The van der Waals surface area contributed by atoms with E-state index in [1.54, 1.807) is 31.4 Å². The average Bonchev–Trinajstić information content (AvgIpc) is 3.11. The van der Waals surface area contributed by atoms with Crippen molar-refractivity contribution in [3.8, 4) is 11.5 Å². The summed E-state index contributed by atoms with van der Waals surface area (Å²) >= 11 is 0. The standard InChI is InChI=1S/C36H41N5O5/c1-44-33-24-30(14-17-32(33)46-23-20-40-18-21-45-22-19-40)34(38-31-15-12-29(13-16-31)35(37)39-43)36(42)41(25-27-8-4-2-5-9-27)26-28-10-6-3-7-11-28/h2-17,24,34,38,43H,18-23,25-26H2,1H3,(H2,37,39)/t34-/m0/s1. The molecule has 5 rings (SSSR count). The molecule has 0 spiro atoms. The summed E-state index contributed by atoms with van der Waals surface area (Å²) in [4.78, 5) is 18.8. The number of hydrogen-bond acceptors (Lipinski definition) is 8. The Morgan fingerprint density at radius 2 is 1.54 bits per heavy atom. The van der Waals surface area contributed by atoms with E-state index in [4.69, 9.17) is 24.8 Å². The molecule has 1 amide bonds. The lowest BCUT2D eigenvalue weighted by molar-refractivity contribution is -0.133. The zero-order valence-electron chi connectivity index (χ0n) is 26.0. The van der Waals surface area contributed by atoms with E-state index in [1.807, 2.05) is 89.2 Å². The number of ether oxygens (including phenoxy) is 3. The van der Waals surface area contributed by atoms with Crippen molar-refractivity contribution in [3.05, 3.63) is 125 Å². The Morgan fingerprint density at radius 3 is 2.13 bits per heavy atom. The maximum absolute atomic E-state index is 14.6. The number of nitrogens with one attached hydrogen (secondary N) is 3. The van der Waals surface area contributed by atoms with Gasteiger partial charge in [0.1, 0.15) is 18.5 Å². The minimum Gasteiger partial charge on any atom is -0.493 e. The first-order valence-corrected chi connectivity index (χ1v) is 15.4. The van der Waals surface area contributed by atoms with Gasteiger partial charge in [0.25, 0.3) is 0 Å². The molecule has 1 atom stereocenters.